The molecule has 0 bridgehead atoms. The smallest absolute Gasteiger partial charge is 0.264 e. The molecule has 0 radical (unpaired) electrons. The molecule has 74 valence electrons. The van der Waals surface area contributed by atoms with Gasteiger partial charge in [0.25, 0.3) is 11.8 Å². The molecule has 14 heavy (non-hydrogen) atoms. The van der Waals surface area contributed by atoms with Crippen LogP contribution in [0.4, 0.5) is 0 Å². The lowest BCUT2D eigenvalue weighted by Gasteiger charge is -2.18. The number of carbonyl (C=O) groups is 2. The number of hydrazine groups is 3. The molecule has 2 amide bonds. The zero-order valence-corrected chi connectivity index (χ0v) is 7.17. The van der Waals surface area contributed by atoms with Crippen molar-refractivity contribution in [1.29, 1.82) is 0 Å². The minimum atomic E-state index is -0.201. The van der Waals surface area contributed by atoms with E-state index in [4.69, 9.17) is 0 Å². The summed E-state index contributed by atoms with van der Waals surface area (Å²) in [4.78, 5) is 22.0. The van der Waals surface area contributed by atoms with Crippen LogP contribution >= 0.6 is 0 Å². The summed E-state index contributed by atoms with van der Waals surface area (Å²) in [7, 11) is 0. The van der Waals surface area contributed by atoms with Gasteiger partial charge < -0.3 is 0 Å². The van der Waals surface area contributed by atoms with E-state index in [1.54, 1.807) is 0 Å². The van der Waals surface area contributed by atoms with Crippen LogP contribution in [0.25, 0.3) is 0 Å². The monoisotopic (exact) mass is 196 g/mol. The maximum absolute atomic E-state index is 11.0. The van der Waals surface area contributed by atoms with E-state index >= 15 is 0 Å². The Balaban J connectivity index is 1.82. The Morgan fingerprint density at radius 2 is 1.43 bits per heavy atom. The van der Waals surface area contributed by atoms with Gasteiger partial charge in [-0.05, 0) is 0 Å². The third-order valence-corrected chi connectivity index (χ3v) is 1.66. The van der Waals surface area contributed by atoms with Crippen molar-refractivity contribution in [3.05, 3.63) is 0 Å². The van der Waals surface area contributed by atoms with Gasteiger partial charge >= 0.3 is 0 Å². The molecular weight excluding hydrogens is 188 g/mol. The maximum Gasteiger partial charge on any atom is 0.264 e. The van der Waals surface area contributed by atoms with Gasteiger partial charge in [-0.2, -0.15) is 10.2 Å². The average Bonchev–Trinajstić information content (AvgIpc) is 2.72. The summed E-state index contributed by atoms with van der Waals surface area (Å²) in [6, 6.07) is 0. The van der Waals surface area contributed by atoms with Gasteiger partial charge in [0, 0.05) is 12.4 Å². The number of rotatable bonds is 3. The molecule has 0 aliphatic carbocycles. The van der Waals surface area contributed by atoms with E-state index in [1.807, 2.05) is 0 Å². The Morgan fingerprint density at radius 3 is 1.71 bits per heavy atom. The Hall–Kier alpha value is -1.80. The van der Waals surface area contributed by atoms with E-state index in [-0.39, 0.29) is 24.7 Å². The summed E-state index contributed by atoms with van der Waals surface area (Å²) in [5.41, 5.74) is 4.86. The van der Waals surface area contributed by atoms with Crippen LogP contribution in [0.2, 0.25) is 0 Å². The predicted molar refractivity (Wildman–Crippen MR) is 46.2 cm³/mol. The van der Waals surface area contributed by atoms with Gasteiger partial charge in [0.2, 0.25) is 0 Å². The quantitative estimate of drug-likeness (QED) is 0.529. The molecule has 0 saturated heterocycles. The number of nitrogens with one attached hydrogen (secondary N) is 2. The molecule has 0 unspecified atom stereocenters. The second-order valence-corrected chi connectivity index (χ2v) is 2.64. The van der Waals surface area contributed by atoms with Crippen molar-refractivity contribution in [2.45, 2.75) is 12.8 Å². The van der Waals surface area contributed by atoms with Gasteiger partial charge in [-0.1, -0.05) is 0 Å². The van der Waals surface area contributed by atoms with E-state index in [9.17, 15) is 9.59 Å². The highest BCUT2D eigenvalue weighted by Crippen LogP contribution is 1.99. The molecule has 2 rings (SSSR count). The topological polar surface area (TPSA) is 89.4 Å². The number of hydrazone groups is 2. The zero-order chi connectivity index (χ0) is 9.97. The molecule has 0 atom stereocenters. The summed E-state index contributed by atoms with van der Waals surface area (Å²) in [5, 5.41) is 9.40. The first-order valence-corrected chi connectivity index (χ1v) is 3.99. The molecule has 0 aromatic heterocycles. The highest BCUT2D eigenvalue weighted by Gasteiger charge is 2.20. The highest BCUT2D eigenvalue weighted by atomic mass is 16.2. The van der Waals surface area contributed by atoms with Crippen molar-refractivity contribution in [1.82, 2.24) is 21.3 Å². The molecule has 0 aromatic carbocycles. The van der Waals surface area contributed by atoms with E-state index in [0.29, 0.717) is 0 Å². The van der Waals surface area contributed by atoms with Gasteiger partial charge in [0.05, 0.1) is 12.8 Å². The van der Waals surface area contributed by atoms with E-state index in [1.165, 1.54) is 12.4 Å². The molecular formula is C6H8N6O2. The average molecular weight is 196 g/mol. The molecule has 0 aromatic rings. The highest BCUT2D eigenvalue weighted by molar-refractivity contribution is 5.94. The van der Waals surface area contributed by atoms with Crippen molar-refractivity contribution in [2.24, 2.45) is 10.2 Å². The first kappa shape index (κ1) is 8.78. The fourth-order valence-electron chi connectivity index (χ4n) is 0.980. The second kappa shape index (κ2) is 3.52. The summed E-state index contributed by atoms with van der Waals surface area (Å²) in [6.45, 7) is 0. The Bertz CT molecular complexity index is 292. The summed E-state index contributed by atoms with van der Waals surface area (Å²) < 4.78 is 0. The Labute approximate surface area is 79.1 Å². The van der Waals surface area contributed by atoms with Crippen LogP contribution in [0.15, 0.2) is 10.2 Å². The maximum atomic E-state index is 11.0. The van der Waals surface area contributed by atoms with Gasteiger partial charge in [-0.25, -0.2) is 0 Å². The largest absolute Gasteiger partial charge is 0.271 e. The third-order valence-electron chi connectivity index (χ3n) is 1.66. The molecule has 0 spiro atoms. The minimum absolute atomic E-state index is 0.201. The summed E-state index contributed by atoms with van der Waals surface area (Å²) >= 11 is 0. The Morgan fingerprint density at radius 1 is 1.00 bits per heavy atom. The molecule has 8 nitrogen and oxygen atoms in total. The van der Waals surface area contributed by atoms with Crippen molar-refractivity contribution in [3.8, 4) is 0 Å². The second-order valence-electron chi connectivity index (χ2n) is 2.64. The van der Waals surface area contributed by atoms with E-state index in [2.05, 4.69) is 21.3 Å². The first-order valence-electron chi connectivity index (χ1n) is 3.99. The van der Waals surface area contributed by atoms with Crippen LogP contribution in [-0.4, -0.2) is 34.5 Å². The molecule has 2 heterocycles. The zero-order valence-electron chi connectivity index (χ0n) is 7.17. The van der Waals surface area contributed by atoms with Gasteiger partial charge in [0.15, 0.2) is 0 Å². The lowest BCUT2D eigenvalue weighted by Crippen LogP contribution is -2.52. The molecule has 2 aliphatic rings. The minimum Gasteiger partial charge on any atom is -0.271 e. The Kier molecular flexibility index (Phi) is 2.21. The number of amides is 2. The number of hydrogen-bond acceptors (Lipinski definition) is 6. The summed E-state index contributed by atoms with van der Waals surface area (Å²) in [5.74, 6) is -0.402. The number of carbonyl (C=O) groups excluding carboxylic acids is 2. The molecule has 0 fully saturated rings. The van der Waals surface area contributed by atoms with Crippen molar-refractivity contribution in [3.63, 3.8) is 0 Å². The fraction of sp³-hybridized carbons (Fsp3) is 0.333. The SMILES string of the molecule is O=C1CC=NN1NNN1N=CCC1=O. The van der Waals surface area contributed by atoms with Crippen LogP contribution < -0.4 is 11.1 Å². The lowest BCUT2D eigenvalue weighted by atomic mass is 10.5. The molecule has 2 N–H and O–H groups in total. The molecule has 2 aliphatic heterocycles. The van der Waals surface area contributed by atoms with Crippen LogP contribution in [0, 0.1) is 0 Å². The van der Waals surface area contributed by atoms with Gasteiger partial charge in [-0.3, -0.25) is 9.59 Å². The number of hydrogen-bond donors (Lipinski definition) is 2. The number of nitrogens with zero attached hydrogens (tertiary/aromatic N) is 4. The first-order chi connectivity index (χ1) is 6.77. The standard InChI is InChI=1S/C6H8N6O2/c13-5-1-3-7-11(5)9-10-12-6(14)2-4-8-12/h3-4,9-10H,1-2H2. The van der Waals surface area contributed by atoms with Crippen molar-refractivity contribution >= 4 is 24.2 Å². The van der Waals surface area contributed by atoms with E-state index < -0.39 is 0 Å². The van der Waals surface area contributed by atoms with Crippen LogP contribution in [0.1, 0.15) is 12.8 Å². The van der Waals surface area contributed by atoms with Gasteiger partial charge in [-0.15, -0.1) is 21.3 Å². The summed E-state index contributed by atoms with van der Waals surface area (Å²) in [6.07, 6.45) is 3.44. The van der Waals surface area contributed by atoms with Crippen LogP contribution in [-0.2, 0) is 9.59 Å². The van der Waals surface area contributed by atoms with Crippen molar-refractivity contribution < 1.29 is 9.59 Å². The van der Waals surface area contributed by atoms with E-state index in [0.717, 1.165) is 10.2 Å². The normalized spacial score (nSPS) is 20.3. The molecule has 8 heteroatoms. The van der Waals surface area contributed by atoms with Crippen molar-refractivity contribution in [2.75, 3.05) is 0 Å². The molecule has 0 saturated carbocycles. The third kappa shape index (κ3) is 1.60. The van der Waals surface area contributed by atoms with Gasteiger partial charge in [0.1, 0.15) is 0 Å². The predicted octanol–water partition coefficient (Wildman–Crippen LogP) is -1.65. The van der Waals surface area contributed by atoms with Crippen LogP contribution in [0.5, 0.6) is 0 Å². The lowest BCUT2D eigenvalue weighted by molar-refractivity contribution is -0.141. The van der Waals surface area contributed by atoms with Crippen LogP contribution in [0.3, 0.4) is 0 Å². The fourth-order valence-corrected chi connectivity index (χ4v) is 0.980.